The Hall–Kier alpha value is -2.64. The third-order valence-electron chi connectivity index (χ3n) is 2.89. The fraction of sp³-hybridized carbons (Fsp3) is 0.333. The molecule has 0 spiro atoms. The topological polar surface area (TPSA) is 110 Å². The Morgan fingerprint density at radius 2 is 2.05 bits per heavy atom. The predicted octanol–water partition coefficient (Wildman–Crippen LogP) is 1.15. The highest BCUT2D eigenvalue weighted by molar-refractivity contribution is 6.02. The van der Waals surface area contributed by atoms with Crippen LogP contribution in [0.5, 0.6) is 5.75 Å². The monoisotopic (exact) mass is 282 g/mol. The number of carbonyl (C=O) groups is 2. The lowest BCUT2D eigenvalue weighted by Crippen LogP contribution is -2.40. The molecule has 1 N–H and O–H groups in total. The van der Waals surface area contributed by atoms with Gasteiger partial charge in [-0.05, 0) is 13.0 Å². The summed E-state index contributed by atoms with van der Waals surface area (Å²) in [6.45, 7) is 1.31. The zero-order valence-electron chi connectivity index (χ0n) is 11.2. The average molecular weight is 282 g/mol. The lowest BCUT2D eigenvalue weighted by molar-refractivity contribution is -0.385. The maximum atomic E-state index is 12.3. The third kappa shape index (κ3) is 2.85. The molecule has 1 atom stereocenters. The molecule has 1 aromatic carbocycles. The Morgan fingerprint density at radius 3 is 2.50 bits per heavy atom. The number of aliphatic carboxylic acids is 1. The van der Waals surface area contributed by atoms with Gasteiger partial charge in [-0.3, -0.25) is 14.9 Å². The SMILES string of the molecule is COc1cccc([N+](=O)[O-])c1C(=O)N(C)C(C)C(=O)O. The van der Waals surface area contributed by atoms with Crippen molar-refractivity contribution >= 4 is 17.6 Å². The molecule has 1 amide bonds. The second kappa shape index (κ2) is 6.00. The van der Waals surface area contributed by atoms with Crippen LogP contribution in [0.4, 0.5) is 5.69 Å². The van der Waals surface area contributed by atoms with E-state index in [0.717, 1.165) is 11.0 Å². The molecule has 108 valence electrons. The van der Waals surface area contributed by atoms with E-state index in [9.17, 15) is 19.7 Å². The lowest BCUT2D eigenvalue weighted by Gasteiger charge is -2.22. The standard InChI is InChI=1S/C12H14N2O6/c1-7(12(16)17)13(2)11(15)10-8(14(18)19)5-4-6-9(10)20-3/h4-7H,1-3H3,(H,16,17). The van der Waals surface area contributed by atoms with E-state index in [1.165, 1.54) is 33.2 Å². The molecular formula is C12H14N2O6. The summed E-state index contributed by atoms with van der Waals surface area (Å²) in [5.74, 6) is -1.98. The van der Waals surface area contributed by atoms with E-state index in [2.05, 4.69) is 0 Å². The van der Waals surface area contributed by atoms with Gasteiger partial charge in [0.15, 0.2) is 5.56 Å². The molecule has 1 aromatic rings. The van der Waals surface area contributed by atoms with Gasteiger partial charge in [-0.15, -0.1) is 0 Å². The maximum absolute atomic E-state index is 12.3. The highest BCUT2D eigenvalue weighted by Crippen LogP contribution is 2.29. The molecule has 0 radical (unpaired) electrons. The number of hydrogen-bond donors (Lipinski definition) is 1. The number of hydrogen-bond acceptors (Lipinski definition) is 5. The van der Waals surface area contributed by atoms with Gasteiger partial charge in [-0.25, -0.2) is 4.79 Å². The van der Waals surface area contributed by atoms with Crippen LogP contribution in [-0.2, 0) is 4.79 Å². The zero-order chi connectivity index (χ0) is 15.4. The molecule has 0 heterocycles. The average Bonchev–Trinajstić information content (AvgIpc) is 2.43. The number of carboxylic acids is 1. The zero-order valence-corrected chi connectivity index (χ0v) is 11.2. The number of carbonyl (C=O) groups excluding carboxylic acids is 1. The van der Waals surface area contributed by atoms with Gasteiger partial charge in [0.25, 0.3) is 11.6 Å². The predicted molar refractivity (Wildman–Crippen MR) is 68.8 cm³/mol. The summed E-state index contributed by atoms with van der Waals surface area (Å²) in [6, 6.07) is 2.83. The van der Waals surface area contributed by atoms with Crippen LogP contribution in [-0.4, -0.2) is 47.0 Å². The van der Waals surface area contributed by atoms with Gasteiger partial charge in [0.2, 0.25) is 0 Å². The van der Waals surface area contributed by atoms with Crippen LogP contribution in [0.25, 0.3) is 0 Å². The number of ether oxygens (including phenoxy) is 1. The minimum absolute atomic E-state index is 0.0219. The number of nitro groups is 1. The number of benzene rings is 1. The molecule has 8 nitrogen and oxygen atoms in total. The second-order valence-electron chi connectivity index (χ2n) is 4.04. The van der Waals surface area contributed by atoms with Crippen molar-refractivity contribution in [3.05, 3.63) is 33.9 Å². The molecule has 1 unspecified atom stereocenters. The van der Waals surface area contributed by atoms with Crippen LogP contribution in [0, 0.1) is 10.1 Å². The molecular weight excluding hydrogens is 268 g/mol. The highest BCUT2D eigenvalue weighted by Gasteiger charge is 2.31. The molecule has 20 heavy (non-hydrogen) atoms. The molecule has 0 saturated heterocycles. The summed E-state index contributed by atoms with van der Waals surface area (Å²) in [5.41, 5.74) is -0.700. The fourth-order valence-electron chi connectivity index (χ4n) is 1.57. The van der Waals surface area contributed by atoms with Crippen molar-refractivity contribution < 1.29 is 24.4 Å². The summed E-state index contributed by atoms with van der Waals surface area (Å²) >= 11 is 0. The van der Waals surface area contributed by atoms with Gasteiger partial charge in [-0.1, -0.05) is 6.07 Å². The molecule has 0 aliphatic heterocycles. The summed E-state index contributed by atoms with van der Waals surface area (Å²) < 4.78 is 4.95. The largest absolute Gasteiger partial charge is 0.496 e. The van der Waals surface area contributed by atoms with E-state index in [-0.39, 0.29) is 11.3 Å². The Morgan fingerprint density at radius 1 is 1.45 bits per heavy atom. The van der Waals surface area contributed by atoms with Crippen LogP contribution in [0.2, 0.25) is 0 Å². The molecule has 0 aliphatic carbocycles. The van der Waals surface area contributed by atoms with Crippen LogP contribution in [0.15, 0.2) is 18.2 Å². The van der Waals surface area contributed by atoms with E-state index in [1.807, 2.05) is 0 Å². The molecule has 8 heteroatoms. The molecule has 0 aromatic heterocycles. The number of methoxy groups -OCH3 is 1. The molecule has 0 saturated carbocycles. The lowest BCUT2D eigenvalue weighted by atomic mass is 10.1. The van der Waals surface area contributed by atoms with Crippen molar-refractivity contribution in [2.75, 3.05) is 14.2 Å². The Kier molecular flexibility index (Phi) is 4.63. The summed E-state index contributed by atoms with van der Waals surface area (Å²) in [7, 11) is 2.54. The smallest absolute Gasteiger partial charge is 0.326 e. The van der Waals surface area contributed by atoms with Gasteiger partial charge in [0.05, 0.1) is 12.0 Å². The van der Waals surface area contributed by atoms with Crippen molar-refractivity contribution in [3.63, 3.8) is 0 Å². The molecule has 0 bridgehead atoms. The van der Waals surface area contributed by atoms with Gasteiger partial charge in [0.1, 0.15) is 11.8 Å². The Bertz CT molecular complexity index is 557. The maximum Gasteiger partial charge on any atom is 0.326 e. The van der Waals surface area contributed by atoms with E-state index >= 15 is 0 Å². The van der Waals surface area contributed by atoms with Gasteiger partial charge >= 0.3 is 5.97 Å². The van der Waals surface area contributed by atoms with Crippen LogP contribution in [0.3, 0.4) is 0 Å². The Balaban J connectivity index is 3.34. The van der Waals surface area contributed by atoms with Crippen molar-refractivity contribution in [3.8, 4) is 5.75 Å². The van der Waals surface area contributed by atoms with E-state index in [4.69, 9.17) is 9.84 Å². The van der Waals surface area contributed by atoms with Gasteiger partial charge in [0, 0.05) is 13.1 Å². The van der Waals surface area contributed by atoms with Crippen molar-refractivity contribution in [2.45, 2.75) is 13.0 Å². The van der Waals surface area contributed by atoms with E-state index in [0.29, 0.717) is 0 Å². The number of likely N-dealkylation sites (N-methyl/N-ethyl adjacent to an activating group) is 1. The first-order valence-electron chi connectivity index (χ1n) is 5.62. The molecule has 0 aliphatic rings. The Labute approximate surface area is 114 Å². The minimum atomic E-state index is -1.21. The second-order valence-corrected chi connectivity index (χ2v) is 4.04. The first-order valence-corrected chi connectivity index (χ1v) is 5.62. The van der Waals surface area contributed by atoms with E-state index < -0.39 is 28.5 Å². The summed E-state index contributed by atoms with van der Waals surface area (Å²) in [6.07, 6.45) is 0. The summed E-state index contributed by atoms with van der Waals surface area (Å²) in [5, 5.41) is 19.9. The first-order chi connectivity index (χ1) is 9.31. The van der Waals surface area contributed by atoms with Crippen LogP contribution < -0.4 is 4.74 Å². The number of nitrogens with zero attached hydrogens (tertiary/aromatic N) is 2. The molecule has 1 rings (SSSR count). The van der Waals surface area contributed by atoms with Gasteiger partial charge in [-0.2, -0.15) is 0 Å². The highest BCUT2D eigenvalue weighted by atomic mass is 16.6. The number of amides is 1. The van der Waals surface area contributed by atoms with E-state index in [1.54, 1.807) is 0 Å². The van der Waals surface area contributed by atoms with Crippen molar-refractivity contribution in [2.24, 2.45) is 0 Å². The first kappa shape index (κ1) is 15.4. The van der Waals surface area contributed by atoms with Crippen LogP contribution in [0.1, 0.15) is 17.3 Å². The minimum Gasteiger partial charge on any atom is -0.496 e. The third-order valence-corrected chi connectivity index (χ3v) is 2.89. The van der Waals surface area contributed by atoms with Crippen molar-refractivity contribution in [1.82, 2.24) is 4.90 Å². The number of nitro benzene ring substituents is 1. The number of carboxylic acid groups (broad SMARTS) is 1. The van der Waals surface area contributed by atoms with Crippen molar-refractivity contribution in [1.29, 1.82) is 0 Å². The fourth-order valence-corrected chi connectivity index (χ4v) is 1.57. The quantitative estimate of drug-likeness (QED) is 0.640. The van der Waals surface area contributed by atoms with Crippen LogP contribution >= 0.6 is 0 Å². The molecule has 0 fully saturated rings. The summed E-state index contributed by atoms with van der Waals surface area (Å²) in [4.78, 5) is 34.3. The van der Waals surface area contributed by atoms with Gasteiger partial charge < -0.3 is 14.7 Å². The number of rotatable bonds is 5. The normalized spacial score (nSPS) is 11.6.